The number of aryl methyl sites for hydroxylation is 1. The van der Waals surface area contributed by atoms with Crippen LogP contribution in [0.25, 0.3) is 39.3 Å². The van der Waals surface area contributed by atoms with Crippen LogP contribution in [0.3, 0.4) is 0 Å². The number of carbonyl (C=O) groups is 2. The first kappa shape index (κ1) is 31.2. The molecule has 46 heavy (non-hydrogen) atoms. The zero-order chi connectivity index (χ0) is 32.4. The maximum Gasteiger partial charge on any atom is 0.416 e. The number of allylic oxidation sites excluding steroid dienone is 1. The number of alkyl halides is 3. The Labute approximate surface area is 265 Å². The van der Waals surface area contributed by atoms with Gasteiger partial charge in [0.05, 0.1) is 11.1 Å². The molecule has 4 aromatic carbocycles. The van der Waals surface area contributed by atoms with E-state index < -0.39 is 41.0 Å². The first-order valence-corrected chi connectivity index (χ1v) is 15.6. The number of hydrogen-bond donors (Lipinski definition) is 2. The fraction of sp³-hybridized carbons (Fsp3) is 0.167. The second kappa shape index (κ2) is 12.9. The van der Waals surface area contributed by atoms with Gasteiger partial charge < -0.3 is 14.8 Å². The number of amides is 1. The number of carboxylic acid groups (broad SMARTS) is 1. The normalized spacial score (nSPS) is 13.4. The van der Waals surface area contributed by atoms with Gasteiger partial charge in [-0.3, -0.25) is 4.79 Å². The lowest BCUT2D eigenvalue weighted by molar-refractivity contribution is -0.139. The van der Waals surface area contributed by atoms with Crippen LogP contribution in [0.5, 0.6) is 0 Å². The zero-order valence-electron chi connectivity index (χ0n) is 24.2. The van der Waals surface area contributed by atoms with E-state index in [-0.39, 0.29) is 5.75 Å². The molecule has 1 aromatic heterocycles. The van der Waals surface area contributed by atoms with Crippen LogP contribution in [0, 0.1) is 5.82 Å². The smallest absolute Gasteiger partial charge is 0.416 e. The Kier molecular flexibility index (Phi) is 8.73. The van der Waals surface area contributed by atoms with Crippen LogP contribution in [0.1, 0.15) is 39.2 Å². The quantitative estimate of drug-likeness (QED) is 0.157. The molecular formula is C36H27F4NO4S. The third-order valence-corrected chi connectivity index (χ3v) is 8.96. The number of hydrogen-bond acceptors (Lipinski definition) is 4. The molecule has 0 saturated heterocycles. The van der Waals surface area contributed by atoms with Crippen LogP contribution in [-0.2, 0) is 23.1 Å². The van der Waals surface area contributed by atoms with Gasteiger partial charge in [-0.1, -0.05) is 72.8 Å². The number of halogens is 4. The van der Waals surface area contributed by atoms with Crippen molar-refractivity contribution in [2.75, 3.05) is 5.75 Å². The molecule has 2 N–H and O–H groups in total. The number of carbonyl (C=O) groups excluding carboxylic acids is 1. The van der Waals surface area contributed by atoms with Crippen molar-refractivity contribution in [2.45, 2.75) is 30.8 Å². The van der Waals surface area contributed by atoms with Crippen molar-refractivity contribution in [3.63, 3.8) is 0 Å². The molecule has 0 bridgehead atoms. The summed E-state index contributed by atoms with van der Waals surface area (Å²) < 4.78 is 59.3. The van der Waals surface area contributed by atoms with Crippen LogP contribution in [0.4, 0.5) is 17.6 Å². The number of carboxylic acids is 1. The molecule has 0 saturated carbocycles. The standard InChI is InChI=1S/C36H27F4NO4S/c37-30-17-16-25(36(38,39)40)18-29(30)34(42)41-31(35(43)44)20-46-19-21-8-10-22(11-9-21)23-12-14-24(15-13-23)26-5-3-6-28-27-4-1-2-7-32(27)45-33(26)28/h2-3,5-18,31H,1,4,19-20H2,(H,41,42)(H,43,44)/t31-/m0/s1. The number of rotatable bonds is 9. The SMILES string of the molecule is O=C(N[C@@H](CSCc1ccc(-c2ccc(-c3cccc4c5c(oc34)C=CCC5)cc2)cc1)C(=O)O)c1cc(C(F)(F)F)ccc1F. The predicted molar refractivity (Wildman–Crippen MR) is 171 cm³/mol. The third kappa shape index (κ3) is 6.57. The van der Waals surface area contributed by atoms with Gasteiger partial charge in [0.2, 0.25) is 0 Å². The second-order valence-electron chi connectivity index (χ2n) is 10.9. The van der Waals surface area contributed by atoms with Gasteiger partial charge in [-0.05, 0) is 59.4 Å². The highest BCUT2D eigenvalue weighted by Crippen LogP contribution is 2.37. The average Bonchev–Trinajstić information content (AvgIpc) is 3.43. The molecule has 1 aliphatic carbocycles. The number of benzene rings is 4. The van der Waals surface area contributed by atoms with Gasteiger partial charge in [-0.2, -0.15) is 24.9 Å². The zero-order valence-corrected chi connectivity index (χ0v) is 25.1. The third-order valence-electron chi connectivity index (χ3n) is 7.86. The topological polar surface area (TPSA) is 79.5 Å². The molecule has 0 unspecified atom stereocenters. The lowest BCUT2D eigenvalue weighted by Gasteiger charge is -2.15. The first-order valence-electron chi connectivity index (χ1n) is 14.5. The second-order valence-corrected chi connectivity index (χ2v) is 11.9. The number of para-hydroxylation sites is 1. The summed E-state index contributed by atoms with van der Waals surface area (Å²) in [6.07, 6.45) is 1.37. The minimum absolute atomic E-state index is 0.0768. The van der Waals surface area contributed by atoms with E-state index in [1.54, 1.807) is 0 Å². The van der Waals surface area contributed by atoms with E-state index in [9.17, 15) is 32.3 Å². The summed E-state index contributed by atoms with van der Waals surface area (Å²) in [6, 6.07) is 22.2. The number of furan rings is 1. The predicted octanol–water partition coefficient (Wildman–Crippen LogP) is 9.00. The van der Waals surface area contributed by atoms with Crippen molar-refractivity contribution < 1.29 is 36.7 Å². The van der Waals surface area contributed by atoms with Gasteiger partial charge in [0, 0.05) is 28.0 Å². The van der Waals surface area contributed by atoms with Crippen molar-refractivity contribution in [1.29, 1.82) is 0 Å². The summed E-state index contributed by atoms with van der Waals surface area (Å²) in [4.78, 5) is 24.2. The van der Waals surface area contributed by atoms with Crippen molar-refractivity contribution in [3.05, 3.63) is 125 Å². The largest absolute Gasteiger partial charge is 0.480 e. The van der Waals surface area contributed by atoms with Crippen LogP contribution in [0.15, 0.2) is 95.4 Å². The Balaban J connectivity index is 1.08. The van der Waals surface area contributed by atoms with Gasteiger partial charge in [0.25, 0.3) is 5.91 Å². The van der Waals surface area contributed by atoms with Crippen LogP contribution >= 0.6 is 11.8 Å². The van der Waals surface area contributed by atoms with Crippen LogP contribution in [0.2, 0.25) is 0 Å². The molecule has 234 valence electrons. The summed E-state index contributed by atoms with van der Waals surface area (Å²) in [5.41, 5.74) is 5.08. The highest BCUT2D eigenvalue weighted by atomic mass is 32.2. The van der Waals surface area contributed by atoms with Gasteiger partial charge in [0.15, 0.2) is 0 Å². The molecule has 1 atom stereocenters. The number of aliphatic carboxylic acids is 1. The van der Waals surface area contributed by atoms with Gasteiger partial charge in [-0.25, -0.2) is 9.18 Å². The van der Waals surface area contributed by atoms with Crippen LogP contribution in [-0.4, -0.2) is 28.8 Å². The maximum absolute atomic E-state index is 14.1. The van der Waals surface area contributed by atoms with E-state index in [2.05, 4.69) is 41.7 Å². The molecule has 5 nitrogen and oxygen atoms in total. The molecule has 0 radical (unpaired) electrons. The molecule has 1 heterocycles. The highest BCUT2D eigenvalue weighted by Gasteiger charge is 2.32. The lowest BCUT2D eigenvalue weighted by Crippen LogP contribution is -2.43. The summed E-state index contributed by atoms with van der Waals surface area (Å²) in [5, 5.41) is 12.8. The number of nitrogens with one attached hydrogen (secondary N) is 1. The van der Waals surface area contributed by atoms with E-state index in [0.29, 0.717) is 24.0 Å². The van der Waals surface area contributed by atoms with E-state index in [4.69, 9.17) is 4.42 Å². The minimum atomic E-state index is -4.78. The molecule has 1 amide bonds. The van der Waals surface area contributed by atoms with E-state index in [1.165, 1.54) is 17.3 Å². The fourth-order valence-corrected chi connectivity index (χ4v) is 6.45. The van der Waals surface area contributed by atoms with Crippen molar-refractivity contribution >= 4 is 40.7 Å². The molecule has 6 rings (SSSR count). The van der Waals surface area contributed by atoms with Crippen molar-refractivity contribution in [3.8, 4) is 22.3 Å². The molecule has 0 fully saturated rings. The monoisotopic (exact) mass is 645 g/mol. The molecular weight excluding hydrogens is 618 g/mol. The first-order chi connectivity index (χ1) is 22.1. The Morgan fingerprint density at radius 3 is 2.33 bits per heavy atom. The summed E-state index contributed by atoms with van der Waals surface area (Å²) in [6.45, 7) is 0. The van der Waals surface area contributed by atoms with Gasteiger partial charge in [-0.15, -0.1) is 0 Å². The summed E-state index contributed by atoms with van der Waals surface area (Å²) in [7, 11) is 0. The van der Waals surface area contributed by atoms with E-state index >= 15 is 0 Å². The lowest BCUT2D eigenvalue weighted by atomic mass is 9.96. The highest BCUT2D eigenvalue weighted by molar-refractivity contribution is 7.98. The molecule has 0 aliphatic heterocycles. The molecule has 1 aliphatic rings. The fourth-order valence-electron chi connectivity index (χ4n) is 5.44. The maximum atomic E-state index is 14.1. The number of fused-ring (bicyclic) bond motifs is 3. The van der Waals surface area contributed by atoms with E-state index in [1.807, 2.05) is 42.5 Å². The Bertz CT molecular complexity index is 1950. The molecule has 10 heteroatoms. The Morgan fingerprint density at radius 2 is 1.63 bits per heavy atom. The summed E-state index contributed by atoms with van der Waals surface area (Å²) >= 11 is 1.22. The van der Waals surface area contributed by atoms with E-state index in [0.717, 1.165) is 57.4 Å². The van der Waals surface area contributed by atoms with Gasteiger partial charge in [0.1, 0.15) is 23.2 Å². The van der Waals surface area contributed by atoms with Crippen molar-refractivity contribution in [2.24, 2.45) is 0 Å². The van der Waals surface area contributed by atoms with Crippen molar-refractivity contribution in [1.82, 2.24) is 5.32 Å². The van der Waals surface area contributed by atoms with Gasteiger partial charge >= 0.3 is 12.1 Å². The summed E-state index contributed by atoms with van der Waals surface area (Å²) in [5.74, 6) is -2.52. The number of thioether (sulfide) groups is 1. The molecule has 5 aromatic rings. The minimum Gasteiger partial charge on any atom is -0.480 e. The Hall–Kier alpha value is -4.83. The average molecular weight is 646 g/mol. The van der Waals surface area contributed by atoms with Crippen LogP contribution < -0.4 is 5.32 Å². The molecule has 0 spiro atoms. The Morgan fingerprint density at radius 1 is 0.935 bits per heavy atom.